The minimum absolute atomic E-state index is 0. The second-order valence-corrected chi connectivity index (χ2v) is 11.2. The summed E-state index contributed by atoms with van der Waals surface area (Å²) in [6.45, 7) is 10.7. The zero-order valence-electron chi connectivity index (χ0n) is 28.2. The molecule has 0 radical (unpaired) electrons. The van der Waals surface area contributed by atoms with Crippen molar-refractivity contribution in [2.24, 2.45) is 33.6 Å². The van der Waals surface area contributed by atoms with Gasteiger partial charge in [0.25, 0.3) is 0 Å². The Kier molecular flexibility index (Phi) is 31.0. The average molecular weight is 716 g/mol. The van der Waals surface area contributed by atoms with Gasteiger partial charge in [-0.3, -0.25) is 4.79 Å². The molecule has 46 heavy (non-hydrogen) atoms. The van der Waals surface area contributed by atoms with Crippen LogP contribution in [-0.4, -0.2) is 119 Å². The van der Waals surface area contributed by atoms with Gasteiger partial charge in [0.1, 0.15) is 11.7 Å². The molecule has 15 nitrogen and oxygen atoms in total. The molecule has 0 aromatic carbocycles. The number of aromatic nitrogens is 2. The van der Waals surface area contributed by atoms with Gasteiger partial charge in [0.2, 0.25) is 5.89 Å². The third-order valence-electron chi connectivity index (χ3n) is 6.89. The first-order valence-electron chi connectivity index (χ1n) is 14.4. The van der Waals surface area contributed by atoms with Gasteiger partial charge in [-0.05, 0) is 100 Å². The first-order valence-corrected chi connectivity index (χ1v) is 14.4. The molecule has 1 aromatic rings. The van der Waals surface area contributed by atoms with Crippen LogP contribution in [0.15, 0.2) is 14.8 Å². The number of oxime groups is 2. The van der Waals surface area contributed by atoms with Crippen LogP contribution in [-0.2, 0) is 14.4 Å². The Balaban J connectivity index is -0.000000260. The topological polar surface area (TPSA) is 209 Å². The highest BCUT2D eigenvalue weighted by atomic mass is 31.0. The van der Waals surface area contributed by atoms with Gasteiger partial charge in [-0.1, -0.05) is 22.9 Å². The Hall–Kier alpha value is -2.01. The van der Waals surface area contributed by atoms with E-state index in [1.807, 2.05) is 21.0 Å². The number of rotatable bonds is 4. The van der Waals surface area contributed by atoms with Crippen LogP contribution in [0.5, 0.6) is 0 Å². The number of piperidine rings is 3. The highest BCUT2D eigenvalue weighted by Crippen LogP contribution is 2.24. The zero-order valence-corrected chi connectivity index (χ0v) is 32.4. The first kappa shape index (κ1) is 50.8. The van der Waals surface area contributed by atoms with Crippen LogP contribution < -0.4 is 11.5 Å². The first-order chi connectivity index (χ1) is 19.8. The summed E-state index contributed by atoms with van der Waals surface area (Å²) in [5, 5.41) is 26.1. The van der Waals surface area contributed by atoms with Crippen LogP contribution in [0.2, 0.25) is 0 Å². The van der Waals surface area contributed by atoms with Gasteiger partial charge in [-0.2, -0.15) is 34.7 Å². The normalized spacial score (nSPS) is 22.0. The SMILES string of the molecule is C.C/C(N)=N\OC(=O)C1CCCN(C)C1.CC(N)=NO.CN1CCCC(C(=O)O)C1.Cc1noc(C2CCCN(C)C2)n1.P.P.P. The van der Waals surface area contributed by atoms with Gasteiger partial charge >= 0.3 is 11.9 Å². The number of aliphatic carboxylic acids is 1. The minimum atomic E-state index is -0.647. The number of nitrogens with zero attached hydrogens (tertiary/aromatic N) is 7. The third-order valence-corrected chi connectivity index (χ3v) is 6.89. The van der Waals surface area contributed by atoms with Crippen molar-refractivity contribution in [3.8, 4) is 0 Å². The van der Waals surface area contributed by atoms with Crippen molar-refractivity contribution in [2.45, 2.75) is 72.6 Å². The number of likely N-dealkylation sites (tertiary alicyclic amines) is 3. The van der Waals surface area contributed by atoms with Crippen molar-refractivity contribution >= 4 is 53.3 Å². The Morgan fingerprint density at radius 3 is 1.70 bits per heavy atom. The number of hydrogen-bond donors (Lipinski definition) is 4. The van der Waals surface area contributed by atoms with Crippen molar-refractivity contribution in [1.29, 1.82) is 0 Å². The predicted octanol–water partition coefficient (Wildman–Crippen LogP) is 2.33. The van der Waals surface area contributed by atoms with E-state index >= 15 is 0 Å². The number of aryl methyl sites for hydroxylation is 1. The van der Waals surface area contributed by atoms with Crippen LogP contribution in [0.25, 0.3) is 0 Å². The van der Waals surface area contributed by atoms with Gasteiger partial charge in [-0.25, -0.2) is 4.79 Å². The van der Waals surface area contributed by atoms with Crippen LogP contribution in [0.1, 0.15) is 77.4 Å². The summed E-state index contributed by atoms with van der Waals surface area (Å²) in [6, 6.07) is 0. The lowest BCUT2D eigenvalue weighted by molar-refractivity contribution is -0.150. The molecule has 272 valence electrons. The van der Waals surface area contributed by atoms with E-state index in [1.54, 1.807) is 6.92 Å². The highest BCUT2D eigenvalue weighted by molar-refractivity contribution is 6.92. The van der Waals surface area contributed by atoms with Crippen LogP contribution in [0.4, 0.5) is 0 Å². The summed E-state index contributed by atoms with van der Waals surface area (Å²) in [4.78, 5) is 37.4. The second kappa shape index (κ2) is 28.0. The molecule has 4 rings (SSSR count). The van der Waals surface area contributed by atoms with Gasteiger partial charge < -0.3 is 45.8 Å². The monoisotopic (exact) mass is 715 g/mol. The van der Waals surface area contributed by atoms with Crippen molar-refractivity contribution < 1.29 is 29.3 Å². The van der Waals surface area contributed by atoms with Crippen LogP contribution in [0.3, 0.4) is 0 Å². The fraction of sp³-hybridized carbons (Fsp3) is 0.786. The van der Waals surface area contributed by atoms with Gasteiger partial charge in [-0.15, -0.1) is 0 Å². The summed E-state index contributed by atoms with van der Waals surface area (Å²) >= 11 is 0. The summed E-state index contributed by atoms with van der Waals surface area (Å²) in [5.74, 6) is 1.34. The van der Waals surface area contributed by atoms with E-state index in [0.717, 1.165) is 70.1 Å². The number of hydrogen-bond acceptors (Lipinski definition) is 12. The van der Waals surface area contributed by atoms with E-state index in [1.165, 1.54) is 26.3 Å². The molecule has 4 heterocycles. The molecule has 0 saturated carbocycles. The quantitative estimate of drug-likeness (QED) is 0.0883. The van der Waals surface area contributed by atoms with Gasteiger partial charge in [0.05, 0.1) is 17.8 Å². The molecule has 6 unspecified atom stereocenters. The molecule has 3 aliphatic rings. The molecular weight excluding hydrogens is 651 g/mol. The number of carbonyl (C=O) groups excluding carboxylic acids is 1. The summed E-state index contributed by atoms with van der Waals surface area (Å²) < 4.78 is 5.16. The molecule has 0 bridgehead atoms. The molecule has 6 N–H and O–H groups in total. The van der Waals surface area contributed by atoms with E-state index < -0.39 is 5.97 Å². The number of nitrogens with two attached hydrogens (primary N) is 2. The predicted molar refractivity (Wildman–Crippen MR) is 199 cm³/mol. The fourth-order valence-electron chi connectivity index (χ4n) is 4.77. The summed E-state index contributed by atoms with van der Waals surface area (Å²) in [5.41, 5.74) is 10.1. The van der Waals surface area contributed by atoms with Crippen molar-refractivity contribution in [3.63, 3.8) is 0 Å². The Labute approximate surface area is 285 Å². The second-order valence-electron chi connectivity index (χ2n) is 11.2. The standard InChI is InChI=1S/C9H17N3O2.C9H15N3O.C7H13NO2.C2H6N2O.CH4.3H3P/c1-7(10)11-14-9(13)8-4-3-5-12(2)6-8;1-7-10-9(13-11-7)8-4-3-5-12(2)6-8;1-8-4-2-3-6(5-8)7(9)10;1-2(3)4-5;;;;/h8H,3-6H2,1-2H3,(H2,10,11);8H,3-6H2,1-2H3;6H,2-5H2,1H3,(H,9,10);5H,1H3,(H2,3,4);1H4;3*1H3. The molecular formula is C28H64N9O6P3. The smallest absolute Gasteiger partial charge is 0.339 e. The van der Waals surface area contributed by atoms with E-state index in [9.17, 15) is 9.59 Å². The highest BCUT2D eigenvalue weighted by Gasteiger charge is 2.26. The van der Waals surface area contributed by atoms with Crippen LogP contribution in [0, 0.1) is 18.8 Å². The lowest BCUT2D eigenvalue weighted by Gasteiger charge is -2.27. The number of carbonyl (C=O) groups is 2. The third kappa shape index (κ3) is 22.5. The van der Waals surface area contributed by atoms with Crippen molar-refractivity contribution in [1.82, 2.24) is 24.8 Å². The number of carboxylic acid groups (broad SMARTS) is 1. The molecule has 3 aliphatic heterocycles. The lowest BCUT2D eigenvalue weighted by Crippen LogP contribution is -2.36. The molecule has 0 aliphatic carbocycles. The number of amidine groups is 2. The van der Waals surface area contributed by atoms with E-state index in [4.69, 9.17) is 26.3 Å². The maximum atomic E-state index is 11.4. The molecule has 6 atom stereocenters. The van der Waals surface area contributed by atoms with Gasteiger partial charge in [0.15, 0.2) is 5.82 Å². The minimum Gasteiger partial charge on any atom is -0.481 e. The maximum Gasteiger partial charge on any atom is 0.339 e. The molecule has 0 amide bonds. The number of likely N-dealkylation sites (N-methyl/N-ethyl adjacent to an activating group) is 1. The van der Waals surface area contributed by atoms with E-state index in [0.29, 0.717) is 5.92 Å². The largest absolute Gasteiger partial charge is 0.481 e. The maximum absolute atomic E-state index is 11.4. The average Bonchev–Trinajstić information content (AvgIpc) is 3.39. The van der Waals surface area contributed by atoms with E-state index in [-0.39, 0.29) is 66.6 Å². The van der Waals surface area contributed by atoms with Crippen LogP contribution >= 0.6 is 29.7 Å². The zero-order chi connectivity index (χ0) is 31.7. The van der Waals surface area contributed by atoms with E-state index in [2.05, 4.69) is 47.0 Å². The molecule has 1 aromatic heterocycles. The van der Waals surface area contributed by atoms with Gasteiger partial charge in [0, 0.05) is 19.6 Å². The number of carboxylic acids is 1. The molecule has 18 heteroatoms. The summed E-state index contributed by atoms with van der Waals surface area (Å²) in [6.07, 6.45) is 6.17. The molecule has 3 fully saturated rings. The molecule has 0 spiro atoms. The lowest BCUT2D eigenvalue weighted by atomic mass is 9.99. The Bertz CT molecular complexity index is 1010. The summed E-state index contributed by atoms with van der Waals surface area (Å²) in [7, 11) is 6.10. The van der Waals surface area contributed by atoms with Crippen molar-refractivity contribution in [3.05, 3.63) is 11.7 Å². The fourth-order valence-corrected chi connectivity index (χ4v) is 4.77. The Morgan fingerprint density at radius 1 is 0.870 bits per heavy atom. The van der Waals surface area contributed by atoms with Crippen molar-refractivity contribution in [2.75, 3.05) is 60.4 Å². The molecule has 3 saturated heterocycles. The Morgan fingerprint density at radius 2 is 1.33 bits per heavy atom.